The smallest absolute Gasteiger partial charge is 0.290 e. The second-order valence-corrected chi connectivity index (χ2v) is 5.49. The lowest BCUT2D eigenvalue weighted by atomic mass is 9.95. The summed E-state index contributed by atoms with van der Waals surface area (Å²) < 4.78 is 19.4. The zero-order valence-corrected chi connectivity index (χ0v) is 13.5. The van der Waals surface area contributed by atoms with Gasteiger partial charge in [-0.25, -0.2) is 4.39 Å². The fourth-order valence-electron chi connectivity index (χ4n) is 2.89. The fraction of sp³-hybridized carbons (Fsp3) is 0.158. The molecule has 1 aromatic heterocycles. The van der Waals surface area contributed by atoms with Crippen molar-refractivity contribution in [2.45, 2.75) is 13.0 Å². The van der Waals surface area contributed by atoms with Gasteiger partial charge in [0.2, 0.25) is 0 Å². The Bertz CT molecular complexity index is 867. The van der Waals surface area contributed by atoms with E-state index >= 15 is 0 Å². The predicted octanol–water partition coefficient (Wildman–Crippen LogP) is 3.42. The molecule has 0 aliphatic carbocycles. The Morgan fingerprint density at radius 2 is 2.08 bits per heavy atom. The number of hydrogen-bond donors (Lipinski definition) is 1. The number of nitrogens with zero attached hydrogens (tertiary/aromatic N) is 1. The number of halogens is 1. The number of ketones is 1. The van der Waals surface area contributed by atoms with Gasteiger partial charge in [-0.2, -0.15) is 0 Å². The molecule has 1 atom stereocenters. The minimum atomic E-state index is -0.965. The van der Waals surface area contributed by atoms with Crippen molar-refractivity contribution in [3.8, 4) is 0 Å². The summed E-state index contributed by atoms with van der Waals surface area (Å²) in [6.45, 7) is 1.92. The largest absolute Gasteiger partial charge is 0.503 e. The van der Waals surface area contributed by atoms with E-state index in [9.17, 15) is 19.1 Å². The predicted molar refractivity (Wildman–Crippen MR) is 88.9 cm³/mol. The van der Waals surface area contributed by atoms with Crippen molar-refractivity contribution >= 4 is 17.8 Å². The Hall–Kier alpha value is -3.15. The van der Waals surface area contributed by atoms with Crippen LogP contribution >= 0.6 is 0 Å². The highest BCUT2D eigenvalue weighted by Gasteiger charge is 2.43. The average molecular weight is 341 g/mol. The summed E-state index contributed by atoms with van der Waals surface area (Å²) in [7, 11) is 0. The molecule has 6 heteroatoms. The van der Waals surface area contributed by atoms with E-state index in [1.54, 1.807) is 25.1 Å². The molecule has 0 radical (unpaired) electrons. The van der Waals surface area contributed by atoms with E-state index in [0.717, 1.165) is 0 Å². The van der Waals surface area contributed by atoms with Gasteiger partial charge in [0.25, 0.3) is 5.91 Å². The highest BCUT2D eigenvalue weighted by molar-refractivity contribution is 6.14. The summed E-state index contributed by atoms with van der Waals surface area (Å²) in [5.74, 6) is -2.01. The molecule has 1 N–H and O–H groups in total. The van der Waals surface area contributed by atoms with Crippen LogP contribution in [-0.2, 0) is 9.59 Å². The number of furan rings is 1. The normalized spacial score (nSPS) is 17.8. The number of amides is 1. The highest BCUT2D eigenvalue weighted by Crippen LogP contribution is 2.38. The molecule has 2 aromatic rings. The first-order chi connectivity index (χ1) is 12.0. The number of allylic oxidation sites excluding steroid dienone is 1. The van der Waals surface area contributed by atoms with Gasteiger partial charge in [0.1, 0.15) is 11.6 Å². The topological polar surface area (TPSA) is 70.8 Å². The van der Waals surface area contributed by atoms with E-state index in [4.69, 9.17) is 4.42 Å². The minimum absolute atomic E-state index is 0.139. The van der Waals surface area contributed by atoms with Gasteiger partial charge in [0, 0.05) is 12.1 Å². The molecule has 128 valence electrons. The van der Waals surface area contributed by atoms with Gasteiger partial charge >= 0.3 is 0 Å². The van der Waals surface area contributed by atoms with Gasteiger partial charge in [-0.05, 0) is 37.3 Å². The second-order valence-electron chi connectivity index (χ2n) is 5.49. The van der Waals surface area contributed by atoms with Crippen LogP contribution in [0.4, 0.5) is 4.39 Å². The van der Waals surface area contributed by atoms with Gasteiger partial charge < -0.3 is 14.4 Å². The third-order valence-corrected chi connectivity index (χ3v) is 4.05. The monoisotopic (exact) mass is 341 g/mol. The summed E-state index contributed by atoms with van der Waals surface area (Å²) in [5.41, 5.74) is 0.0243. The molecule has 2 heterocycles. The lowest BCUT2D eigenvalue weighted by Crippen LogP contribution is -2.31. The van der Waals surface area contributed by atoms with E-state index in [-0.39, 0.29) is 17.7 Å². The van der Waals surface area contributed by atoms with Crippen LogP contribution in [0.15, 0.2) is 64.5 Å². The molecule has 1 aliphatic rings. The van der Waals surface area contributed by atoms with Crippen LogP contribution in [0.1, 0.15) is 24.3 Å². The van der Waals surface area contributed by atoms with E-state index in [1.165, 1.54) is 41.5 Å². The van der Waals surface area contributed by atoms with E-state index < -0.39 is 29.3 Å². The number of rotatable bonds is 5. The number of carbonyl (C=O) groups excluding carboxylic acids is 2. The summed E-state index contributed by atoms with van der Waals surface area (Å²) in [6, 6.07) is 8.25. The lowest BCUT2D eigenvalue weighted by Gasteiger charge is -2.25. The molecule has 0 fully saturated rings. The van der Waals surface area contributed by atoms with Gasteiger partial charge in [-0.1, -0.05) is 18.2 Å². The summed E-state index contributed by atoms with van der Waals surface area (Å²) in [4.78, 5) is 26.2. The summed E-state index contributed by atoms with van der Waals surface area (Å²) in [5, 5.41) is 10.2. The van der Waals surface area contributed by atoms with Gasteiger partial charge in [-0.3, -0.25) is 9.59 Å². The third-order valence-electron chi connectivity index (χ3n) is 4.05. The molecular formula is C19H16FNO4. The van der Waals surface area contributed by atoms with Crippen LogP contribution in [0.25, 0.3) is 6.08 Å². The van der Waals surface area contributed by atoms with Crippen LogP contribution in [-0.4, -0.2) is 28.2 Å². The van der Waals surface area contributed by atoms with Crippen LogP contribution in [0.5, 0.6) is 0 Å². The number of aliphatic hydroxyl groups excluding tert-OH is 1. The van der Waals surface area contributed by atoms with Crippen molar-refractivity contribution in [1.29, 1.82) is 0 Å². The maximum Gasteiger partial charge on any atom is 0.290 e. The number of carbonyl (C=O) groups is 2. The molecule has 1 aromatic carbocycles. The molecule has 0 saturated heterocycles. The van der Waals surface area contributed by atoms with Crippen molar-refractivity contribution in [3.63, 3.8) is 0 Å². The van der Waals surface area contributed by atoms with Crippen LogP contribution in [0, 0.1) is 5.82 Å². The molecule has 1 aliphatic heterocycles. The fourth-order valence-corrected chi connectivity index (χ4v) is 2.89. The van der Waals surface area contributed by atoms with Crippen LogP contribution in [0.3, 0.4) is 0 Å². The molecule has 0 spiro atoms. The van der Waals surface area contributed by atoms with E-state index in [2.05, 4.69) is 0 Å². The van der Waals surface area contributed by atoms with Crippen molar-refractivity contribution in [2.75, 3.05) is 6.54 Å². The standard InChI is InChI=1S/C19H16FNO4/c1-2-21-17(13-7-3-4-8-14(13)20)16(18(23)19(21)24)15(22)10-9-12-6-5-11-25-12/h3-11,17,23H,2H2,1H3/b10-9+. The van der Waals surface area contributed by atoms with Crippen LogP contribution < -0.4 is 0 Å². The Morgan fingerprint density at radius 3 is 2.72 bits per heavy atom. The molecule has 0 saturated carbocycles. The van der Waals surface area contributed by atoms with Gasteiger partial charge in [-0.15, -0.1) is 0 Å². The quantitative estimate of drug-likeness (QED) is 0.846. The second kappa shape index (κ2) is 6.76. The number of likely N-dealkylation sites (N-methyl/N-ethyl adjacent to an activating group) is 1. The Labute approximate surface area is 143 Å². The van der Waals surface area contributed by atoms with Crippen molar-refractivity contribution < 1.29 is 23.5 Å². The maximum absolute atomic E-state index is 14.3. The van der Waals surface area contributed by atoms with Crippen molar-refractivity contribution in [2.24, 2.45) is 0 Å². The van der Waals surface area contributed by atoms with E-state index in [0.29, 0.717) is 5.76 Å². The highest BCUT2D eigenvalue weighted by atomic mass is 19.1. The Balaban J connectivity index is 2.03. The van der Waals surface area contributed by atoms with Crippen molar-refractivity contribution in [3.05, 3.63) is 77.2 Å². The Morgan fingerprint density at radius 1 is 1.32 bits per heavy atom. The summed E-state index contributed by atoms with van der Waals surface area (Å²) in [6.07, 6.45) is 4.09. The lowest BCUT2D eigenvalue weighted by molar-refractivity contribution is -0.129. The minimum Gasteiger partial charge on any atom is -0.503 e. The molecule has 3 rings (SSSR count). The molecule has 1 amide bonds. The third kappa shape index (κ3) is 2.98. The van der Waals surface area contributed by atoms with E-state index in [1.807, 2.05) is 0 Å². The molecule has 25 heavy (non-hydrogen) atoms. The number of aliphatic hydroxyl groups is 1. The van der Waals surface area contributed by atoms with Crippen molar-refractivity contribution in [1.82, 2.24) is 4.90 Å². The molecular weight excluding hydrogens is 325 g/mol. The number of benzene rings is 1. The first-order valence-corrected chi connectivity index (χ1v) is 7.79. The first kappa shape index (κ1) is 16.7. The molecule has 1 unspecified atom stereocenters. The van der Waals surface area contributed by atoms with Gasteiger partial charge in [0.15, 0.2) is 11.5 Å². The van der Waals surface area contributed by atoms with Gasteiger partial charge in [0.05, 0.1) is 17.9 Å². The average Bonchev–Trinajstić information content (AvgIpc) is 3.21. The molecule has 5 nitrogen and oxygen atoms in total. The van der Waals surface area contributed by atoms with Crippen LogP contribution in [0.2, 0.25) is 0 Å². The first-order valence-electron chi connectivity index (χ1n) is 7.79. The SMILES string of the molecule is CCN1C(=O)C(O)=C(C(=O)/C=C/c2ccco2)C1c1ccccc1F. The summed E-state index contributed by atoms with van der Waals surface area (Å²) >= 11 is 0. The Kier molecular flexibility index (Phi) is 4.52. The zero-order chi connectivity index (χ0) is 18.0. The number of hydrogen-bond acceptors (Lipinski definition) is 4. The maximum atomic E-state index is 14.3. The zero-order valence-electron chi connectivity index (χ0n) is 13.5. The molecule has 0 bridgehead atoms.